The number of para-hydroxylation sites is 1. The molecule has 0 saturated carbocycles. The maximum atomic E-state index is 11.8. The maximum Gasteiger partial charge on any atom is 0.148 e. The zero-order valence-electron chi connectivity index (χ0n) is 34.5. The molecule has 0 saturated heterocycles. The number of fused-ring (bicyclic) bond motifs is 1. The minimum Gasteiger partial charge on any atom is -0.507 e. The van der Waals surface area contributed by atoms with Crippen LogP contribution < -0.4 is 0 Å². The van der Waals surface area contributed by atoms with E-state index in [9.17, 15) is 5.11 Å². The minimum absolute atomic E-state index is 0. The van der Waals surface area contributed by atoms with Crippen molar-refractivity contribution >= 4 is 11.0 Å². The third-order valence-electron chi connectivity index (χ3n) is 11.1. The molecule has 9 rings (SSSR count). The number of aryl methyl sites for hydroxylation is 3. The summed E-state index contributed by atoms with van der Waals surface area (Å²) in [5.41, 5.74) is 18.0. The first-order valence-electron chi connectivity index (χ1n) is 20.4. The van der Waals surface area contributed by atoms with E-state index in [4.69, 9.17) is 9.97 Å². The largest absolute Gasteiger partial charge is 0.507 e. The second-order valence-corrected chi connectivity index (χ2v) is 16.1. The summed E-state index contributed by atoms with van der Waals surface area (Å²) in [6.07, 6.45) is 2.85. The SMILES string of the molecule is Cc1ccc(-c2ccnc(-c3[c-]c(-c4cccc5c4nc(-c4cc(C)cc(C)c4O)n5-c4ccc(CC(C)C)cc4-c4ccccc4)cc(-c4ccccc4)c3)c2)cc1.[Pt]. The number of hydrogen-bond donors (Lipinski definition) is 1. The quantitative estimate of drug-likeness (QED) is 0.147. The molecule has 2 heterocycles. The van der Waals surface area contributed by atoms with Crippen molar-refractivity contribution < 1.29 is 26.2 Å². The molecule has 0 aliphatic rings. The second-order valence-electron chi connectivity index (χ2n) is 16.1. The van der Waals surface area contributed by atoms with Gasteiger partial charge in [0.15, 0.2) is 0 Å². The smallest absolute Gasteiger partial charge is 0.148 e. The number of aromatic hydroxyl groups is 1. The van der Waals surface area contributed by atoms with E-state index in [0.29, 0.717) is 17.3 Å². The van der Waals surface area contributed by atoms with E-state index >= 15 is 0 Å². The van der Waals surface area contributed by atoms with E-state index < -0.39 is 0 Å². The van der Waals surface area contributed by atoms with Gasteiger partial charge in [0, 0.05) is 38.5 Å². The zero-order valence-corrected chi connectivity index (χ0v) is 36.8. The number of aromatic nitrogens is 3. The molecular weight excluding hydrogens is 914 g/mol. The molecule has 60 heavy (non-hydrogen) atoms. The van der Waals surface area contributed by atoms with Crippen LogP contribution in [0.5, 0.6) is 5.75 Å². The van der Waals surface area contributed by atoms with Crippen LogP contribution in [0.25, 0.3) is 83.9 Å². The fourth-order valence-corrected chi connectivity index (χ4v) is 8.25. The number of pyridine rings is 1. The van der Waals surface area contributed by atoms with E-state index in [1.54, 1.807) is 0 Å². The van der Waals surface area contributed by atoms with Gasteiger partial charge in [0.25, 0.3) is 0 Å². The molecule has 2 aromatic heterocycles. The molecular formula is C55H46N3OPt-. The number of imidazole rings is 1. The number of hydrogen-bond acceptors (Lipinski definition) is 3. The average molecular weight is 960 g/mol. The summed E-state index contributed by atoms with van der Waals surface area (Å²) in [5.74, 6) is 1.42. The molecule has 0 fully saturated rings. The van der Waals surface area contributed by atoms with Gasteiger partial charge in [0.1, 0.15) is 11.6 Å². The van der Waals surface area contributed by atoms with Crippen LogP contribution in [-0.4, -0.2) is 19.6 Å². The number of phenolic OH excluding ortho intramolecular Hbond substituents is 1. The average Bonchev–Trinajstić information content (AvgIpc) is 3.65. The van der Waals surface area contributed by atoms with E-state index in [-0.39, 0.29) is 26.8 Å². The van der Waals surface area contributed by atoms with Crippen LogP contribution in [0.3, 0.4) is 0 Å². The number of phenols is 1. The van der Waals surface area contributed by atoms with Crippen LogP contribution >= 0.6 is 0 Å². The third-order valence-corrected chi connectivity index (χ3v) is 11.1. The predicted octanol–water partition coefficient (Wildman–Crippen LogP) is 14.0. The number of rotatable bonds is 9. The molecule has 0 atom stereocenters. The van der Waals surface area contributed by atoms with Gasteiger partial charge >= 0.3 is 0 Å². The first-order chi connectivity index (χ1) is 28.7. The van der Waals surface area contributed by atoms with Gasteiger partial charge in [0.05, 0.1) is 22.3 Å². The Bertz CT molecular complexity index is 2970. The van der Waals surface area contributed by atoms with Crippen molar-refractivity contribution in [1.29, 1.82) is 0 Å². The van der Waals surface area contributed by atoms with Crippen molar-refractivity contribution in [1.82, 2.24) is 14.5 Å². The van der Waals surface area contributed by atoms with Crippen LogP contribution in [0.4, 0.5) is 0 Å². The zero-order chi connectivity index (χ0) is 40.6. The molecule has 0 bridgehead atoms. The fraction of sp³-hybridized carbons (Fsp3) is 0.127. The first kappa shape index (κ1) is 40.4. The predicted molar refractivity (Wildman–Crippen MR) is 245 cm³/mol. The minimum atomic E-state index is 0. The van der Waals surface area contributed by atoms with Crippen molar-refractivity contribution in [3.05, 3.63) is 192 Å². The standard InChI is InChI=1S/C55H46N3O.Pt/c1-35(2)27-39-21-24-51(48(30-39)42-15-10-7-11-16-42)58-52-18-12-17-47(53(52)57-55(58)49-29-37(4)28-38(5)54(49)59)45-31-44(40-13-8-6-9-14-40)32-46(33-45)50-34-43(25-26-56-50)41-22-19-36(3)20-23-41;/h6-26,28-32,34-35,59H,27H2,1-5H3;/q-1;. The van der Waals surface area contributed by atoms with Crippen LogP contribution in [-0.2, 0) is 27.5 Å². The molecule has 4 nitrogen and oxygen atoms in total. The Kier molecular flexibility index (Phi) is 11.5. The van der Waals surface area contributed by atoms with Gasteiger partial charge in [-0.15, -0.1) is 23.8 Å². The molecule has 7 aromatic carbocycles. The third kappa shape index (κ3) is 8.01. The van der Waals surface area contributed by atoms with Crippen LogP contribution in [0.15, 0.2) is 164 Å². The molecule has 0 amide bonds. The maximum absolute atomic E-state index is 11.8. The molecule has 5 heteroatoms. The van der Waals surface area contributed by atoms with Crippen molar-refractivity contribution in [2.45, 2.75) is 41.0 Å². The molecule has 0 radical (unpaired) electrons. The number of benzene rings is 7. The molecule has 0 unspecified atom stereocenters. The van der Waals surface area contributed by atoms with Crippen LogP contribution in [0.1, 0.15) is 36.1 Å². The van der Waals surface area contributed by atoms with Crippen LogP contribution in [0.2, 0.25) is 0 Å². The Morgan fingerprint density at radius 1 is 0.583 bits per heavy atom. The monoisotopic (exact) mass is 959 g/mol. The summed E-state index contributed by atoms with van der Waals surface area (Å²) in [6.45, 7) is 10.6. The summed E-state index contributed by atoms with van der Waals surface area (Å²) in [4.78, 5) is 10.4. The summed E-state index contributed by atoms with van der Waals surface area (Å²) < 4.78 is 2.24. The van der Waals surface area contributed by atoms with Gasteiger partial charge in [0.2, 0.25) is 0 Å². The summed E-state index contributed by atoms with van der Waals surface area (Å²) in [6, 6.07) is 59.3. The van der Waals surface area contributed by atoms with Gasteiger partial charge < -0.3 is 5.11 Å². The van der Waals surface area contributed by atoms with Crippen molar-refractivity contribution in [2.75, 3.05) is 0 Å². The van der Waals surface area contributed by atoms with E-state index in [1.807, 2.05) is 31.3 Å². The summed E-state index contributed by atoms with van der Waals surface area (Å²) in [5, 5.41) is 11.8. The number of nitrogens with zero attached hydrogens (tertiary/aromatic N) is 3. The van der Waals surface area contributed by atoms with Gasteiger partial charge in [-0.05, 0) is 102 Å². The fourth-order valence-electron chi connectivity index (χ4n) is 8.25. The molecule has 1 N–H and O–H groups in total. The van der Waals surface area contributed by atoms with E-state index in [1.165, 1.54) is 11.1 Å². The Labute approximate surface area is 367 Å². The van der Waals surface area contributed by atoms with Gasteiger partial charge in [-0.25, -0.2) is 4.98 Å². The summed E-state index contributed by atoms with van der Waals surface area (Å²) in [7, 11) is 0. The Morgan fingerprint density at radius 2 is 1.28 bits per heavy atom. The van der Waals surface area contributed by atoms with E-state index in [2.05, 4.69) is 178 Å². The van der Waals surface area contributed by atoms with Gasteiger partial charge in [-0.2, -0.15) is 0 Å². The molecule has 0 aliphatic heterocycles. The van der Waals surface area contributed by atoms with Gasteiger partial charge in [-0.1, -0.05) is 151 Å². The van der Waals surface area contributed by atoms with Gasteiger partial charge in [-0.3, -0.25) is 9.55 Å². The topological polar surface area (TPSA) is 50.9 Å². The Morgan fingerprint density at radius 3 is 2.02 bits per heavy atom. The Balaban J connectivity index is 0.00000499. The molecule has 298 valence electrons. The van der Waals surface area contributed by atoms with Crippen molar-refractivity contribution in [3.8, 4) is 78.6 Å². The van der Waals surface area contributed by atoms with Crippen molar-refractivity contribution in [3.63, 3.8) is 0 Å². The molecule has 0 aliphatic carbocycles. The summed E-state index contributed by atoms with van der Waals surface area (Å²) >= 11 is 0. The van der Waals surface area contributed by atoms with Crippen molar-refractivity contribution in [2.24, 2.45) is 5.92 Å². The molecule has 9 aromatic rings. The Hall–Kier alpha value is -6.35. The second kappa shape index (κ2) is 17.1. The normalized spacial score (nSPS) is 11.2. The van der Waals surface area contributed by atoms with Crippen LogP contribution in [0, 0.1) is 32.8 Å². The molecule has 0 spiro atoms. The van der Waals surface area contributed by atoms with E-state index in [0.717, 1.165) is 90.0 Å². The first-order valence-corrected chi connectivity index (χ1v) is 20.4.